The number of halogens is 3. The minimum Gasteiger partial charge on any atom is -1.00 e. The fourth-order valence-corrected chi connectivity index (χ4v) is 22.2. The van der Waals surface area contributed by atoms with Crippen LogP contribution in [0.3, 0.4) is 0 Å². The van der Waals surface area contributed by atoms with Crippen molar-refractivity contribution < 1.29 is 58.9 Å². The Bertz CT molecular complexity index is 1390. The van der Waals surface area contributed by atoms with Crippen molar-refractivity contribution in [3.05, 3.63) is 95.1 Å². The number of rotatable bonds is 7. The van der Waals surface area contributed by atoms with E-state index < -0.39 is 32.3 Å². The number of benzene rings is 3. The molecule has 0 N–H and O–H groups in total. The largest absolute Gasteiger partial charge is 4.00 e. The van der Waals surface area contributed by atoms with Crippen molar-refractivity contribution >= 4 is 68.6 Å². The van der Waals surface area contributed by atoms with Gasteiger partial charge in [-0.05, 0) is 15.6 Å². The van der Waals surface area contributed by atoms with E-state index in [0.717, 1.165) is 0 Å². The topological polar surface area (TPSA) is 0 Å². The second-order valence-electron chi connectivity index (χ2n) is 15.0. The van der Waals surface area contributed by atoms with Gasteiger partial charge in [0.2, 0.25) is 0 Å². The Morgan fingerprint density at radius 2 is 0.682 bits per heavy atom. The van der Waals surface area contributed by atoms with Crippen LogP contribution < -0.4 is 73.5 Å². The molecule has 0 aliphatic carbocycles. The Kier molecular flexibility index (Phi) is 15.4. The molecule has 0 atom stereocenters. The zero-order valence-electron chi connectivity index (χ0n) is 29.1. The molecule has 0 saturated carbocycles. The third-order valence-electron chi connectivity index (χ3n) is 9.23. The molecule has 4 rings (SSSR count). The van der Waals surface area contributed by atoms with Gasteiger partial charge in [-0.2, -0.15) is 27.4 Å². The molecule has 4 aromatic rings. The first kappa shape index (κ1) is 43.5. The number of hydrogen-bond acceptors (Lipinski definition) is 0. The van der Waals surface area contributed by atoms with Gasteiger partial charge in [-0.3, -0.25) is 0 Å². The van der Waals surface area contributed by atoms with E-state index in [4.69, 9.17) is 0 Å². The summed E-state index contributed by atoms with van der Waals surface area (Å²) < 4.78 is 0. The molecule has 0 amide bonds. The van der Waals surface area contributed by atoms with E-state index in [1.807, 2.05) is 0 Å². The second kappa shape index (κ2) is 15.6. The van der Waals surface area contributed by atoms with Crippen molar-refractivity contribution in [3.8, 4) is 0 Å². The summed E-state index contributed by atoms with van der Waals surface area (Å²) in [4.78, 5) is 0. The summed E-state index contributed by atoms with van der Waals surface area (Å²) >= 11 is 0. The van der Waals surface area contributed by atoms with Crippen LogP contribution in [0.1, 0.15) is 22.3 Å². The smallest absolute Gasteiger partial charge is 1.00 e. The van der Waals surface area contributed by atoms with E-state index in [0.29, 0.717) is 0 Å². The summed E-state index contributed by atoms with van der Waals surface area (Å²) in [6, 6.07) is 29.0. The van der Waals surface area contributed by atoms with Crippen molar-refractivity contribution in [2.45, 2.75) is 86.6 Å². The van der Waals surface area contributed by atoms with Crippen LogP contribution in [0.4, 0.5) is 0 Å². The molecule has 0 heterocycles. The average Bonchev–Trinajstić information content (AvgIpc) is 3.07. The van der Waals surface area contributed by atoms with E-state index in [1.54, 1.807) is 36.3 Å². The SMILES string of the molecule is Cc1c(C)c([Si](c2ccccc2[Si](C)(C)C)(c2ccccc2[Si](C)(C)C)c2ccccc2[Si](C)(C)C)[c-](C)c1C.[Cl-].[Cl-].[Cl-].[Ti+4]. The first-order valence-corrected chi connectivity index (χ1v) is 27.5. The number of hydrogen-bond donors (Lipinski definition) is 0. The Morgan fingerprint density at radius 3 is 0.886 bits per heavy atom. The quantitative estimate of drug-likeness (QED) is 0.106. The van der Waals surface area contributed by atoms with Gasteiger partial charge in [-0.25, -0.2) is 0 Å². The summed E-state index contributed by atoms with van der Waals surface area (Å²) in [7, 11) is -7.85. The summed E-state index contributed by atoms with van der Waals surface area (Å²) in [5.41, 5.74) is 5.99. The Morgan fingerprint density at radius 1 is 0.432 bits per heavy atom. The monoisotopic (exact) mass is 748 g/mol. The van der Waals surface area contributed by atoms with Crippen molar-refractivity contribution in [2.75, 3.05) is 0 Å². The summed E-state index contributed by atoms with van der Waals surface area (Å²) in [5.74, 6) is 0. The molecule has 0 saturated heterocycles. The van der Waals surface area contributed by atoms with E-state index in [2.05, 4.69) is 159 Å². The molecule has 4 aromatic carbocycles. The summed E-state index contributed by atoms with van der Waals surface area (Å²) in [5, 5.41) is 11.5. The van der Waals surface area contributed by atoms with Crippen molar-refractivity contribution in [1.82, 2.24) is 0 Å². The second-order valence-corrected chi connectivity index (χ2v) is 33.7. The van der Waals surface area contributed by atoms with E-state index in [-0.39, 0.29) is 58.9 Å². The van der Waals surface area contributed by atoms with Gasteiger partial charge >= 0.3 is 21.7 Å². The van der Waals surface area contributed by atoms with Crippen LogP contribution in [-0.2, 0) is 21.7 Å². The van der Waals surface area contributed by atoms with Crippen LogP contribution in [-0.4, -0.2) is 32.3 Å². The normalized spacial score (nSPS) is 11.9. The molecule has 0 bridgehead atoms. The minimum atomic E-state index is -2.76. The van der Waals surface area contributed by atoms with Gasteiger partial charge in [-0.15, -0.1) is 0 Å². The third-order valence-corrected chi connectivity index (χ3v) is 21.4. The molecule has 0 fully saturated rings. The average molecular weight is 750 g/mol. The summed E-state index contributed by atoms with van der Waals surface area (Å²) in [6.45, 7) is 32.5. The molecule has 44 heavy (non-hydrogen) atoms. The van der Waals surface area contributed by atoms with Crippen LogP contribution in [0.5, 0.6) is 0 Å². The zero-order valence-corrected chi connectivity index (χ0v) is 36.9. The van der Waals surface area contributed by atoms with Gasteiger partial charge in [0.1, 0.15) is 0 Å². The molecular formula is C36H51Cl3Si4Ti. The van der Waals surface area contributed by atoms with Crippen LogP contribution in [0.25, 0.3) is 0 Å². The van der Waals surface area contributed by atoms with Crippen molar-refractivity contribution in [1.29, 1.82) is 0 Å². The molecule has 0 unspecified atom stereocenters. The molecule has 236 valence electrons. The van der Waals surface area contributed by atoms with Gasteiger partial charge in [0.05, 0.1) is 24.2 Å². The molecule has 0 aliphatic heterocycles. The summed E-state index contributed by atoms with van der Waals surface area (Å²) in [6.07, 6.45) is 0. The van der Waals surface area contributed by atoms with Gasteiger partial charge in [0.25, 0.3) is 0 Å². The predicted molar refractivity (Wildman–Crippen MR) is 194 cm³/mol. The van der Waals surface area contributed by atoms with Crippen molar-refractivity contribution in [3.63, 3.8) is 0 Å². The first-order chi connectivity index (χ1) is 18.4. The standard InChI is InChI=1S/C36H51Si4.3ClH.Ti/c1-26-27(2)29(4)36(28(26)3)40(33-23-17-14-20-30(33)37(5,6)7,34-24-18-15-21-31(34)38(8,9)10)35-25-19-16-22-32(35)39(11,12)13;;;;/h14-25H,1-13H3;3*1H;/q-1;;;;+4/p-3. The zero-order chi connectivity index (χ0) is 29.8. The van der Waals surface area contributed by atoms with Crippen LogP contribution in [0.15, 0.2) is 72.8 Å². The maximum atomic E-state index is 2.55. The predicted octanol–water partition coefficient (Wildman–Crippen LogP) is -3.34. The van der Waals surface area contributed by atoms with Gasteiger partial charge in [0.15, 0.2) is 8.07 Å². The molecule has 0 aromatic heterocycles. The van der Waals surface area contributed by atoms with E-state index in [1.165, 1.54) is 22.3 Å². The Balaban J connectivity index is 0.00000462. The molecule has 0 spiro atoms. The van der Waals surface area contributed by atoms with Crippen LogP contribution >= 0.6 is 0 Å². The van der Waals surface area contributed by atoms with E-state index >= 15 is 0 Å². The minimum absolute atomic E-state index is 0. The molecular weight excluding hydrogens is 699 g/mol. The first-order valence-electron chi connectivity index (χ1n) is 15.0. The van der Waals surface area contributed by atoms with Crippen LogP contribution in [0, 0.1) is 27.7 Å². The molecule has 0 aliphatic rings. The van der Waals surface area contributed by atoms with E-state index in [9.17, 15) is 0 Å². The maximum absolute atomic E-state index is 2.76. The van der Waals surface area contributed by atoms with Gasteiger partial charge < -0.3 is 37.2 Å². The van der Waals surface area contributed by atoms with Crippen molar-refractivity contribution in [2.24, 2.45) is 0 Å². The van der Waals surface area contributed by atoms with Crippen LogP contribution in [0.2, 0.25) is 58.9 Å². The Labute approximate surface area is 306 Å². The third kappa shape index (κ3) is 7.61. The maximum Gasteiger partial charge on any atom is 4.00 e. The Hall–Kier alpha value is -0.538. The van der Waals surface area contributed by atoms with Gasteiger partial charge in [-0.1, -0.05) is 175 Å². The molecule has 0 radical (unpaired) electrons. The molecule has 8 heteroatoms. The fourth-order valence-electron chi connectivity index (χ4n) is 7.01. The fraction of sp³-hybridized carbons (Fsp3) is 0.361. The molecule has 0 nitrogen and oxygen atoms in total. The van der Waals surface area contributed by atoms with Gasteiger partial charge in [0, 0.05) is 0 Å².